The molecule has 16 heavy (non-hydrogen) atoms. The van der Waals surface area contributed by atoms with Crippen LogP contribution in [0.2, 0.25) is 0 Å². The first-order valence-electron chi connectivity index (χ1n) is 4.28. The number of hydrogen-bond acceptors (Lipinski definition) is 1. The molecular weight excluding hydrogens is 292 g/mol. The zero-order valence-electron chi connectivity index (χ0n) is 8.75. The molecule has 0 fully saturated rings. The van der Waals surface area contributed by atoms with Crippen LogP contribution in [0.3, 0.4) is 0 Å². The summed E-state index contributed by atoms with van der Waals surface area (Å²) in [5, 5.41) is 0. The van der Waals surface area contributed by atoms with Crippen molar-refractivity contribution in [2.45, 2.75) is 29.7 Å². The van der Waals surface area contributed by atoms with E-state index < -0.39 is 21.8 Å². The Morgan fingerprint density at radius 1 is 1.44 bits per heavy atom. The molecule has 0 radical (unpaired) electrons. The second kappa shape index (κ2) is 6.61. The summed E-state index contributed by atoms with van der Waals surface area (Å²) < 4.78 is 0. The molecule has 0 rings (SSSR count). The van der Waals surface area contributed by atoms with Crippen molar-refractivity contribution in [3.63, 3.8) is 0 Å². The Kier molecular flexibility index (Phi) is 6.58. The Bertz CT molecular complexity index is 319. The molecule has 1 unspecified atom stereocenters. The van der Waals surface area contributed by atoms with Crippen LogP contribution in [0.1, 0.15) is 13.8 Å². The number of terminal acetylenes is 1. The molecule has 0 spiro atoms. The van der Waals surface area contributed by atoms with Gasteiger partial charge in [0.25, 0.3) is 5.91 Å². The van der Waals surface area contributed by atoms with E-state index >= 15 is 0 Å². The smallest absolute Gasteiger partial charge is 0.258 e. The van der Waals surface area contributed by atoms with Gasteiger partial charge in [0.15, 0.2) is 4.84 Å². The van der Waals surface area contributed by atoms with Crippen molar-refractivity contribution in [2.75, 3.05) is 0 Å². The molecular formula is C10H11Cl4NO. The number of hydrogen-bond donors (Lipinski definition) is 0. The van der Waals surface area contributed by atoms with Crippen LogP contribution in [-0.2, 0) is 4.79 Å². The van der Waals surface area contributed by atoms with Gasteiger partial charge in [-0.25, -0.2) is 0 Å². The van der Waals surface area contributed by atoms with Crippen molar-refractivity contribution >= 4 is 52.3 Å². The quantitative estimate of drug-likeness (QED) is 0.443. The minimum atomic E-state index is -1.22. The Labute approximate surface area is 115 Å². The van der Waals surface area contributed by atoms with Crippen molar-refractivity contribution in [1.82, 2.24) is 4.90 Å². The lowest BCUT2D eigenvalue weighted by Crippen LogP contribution is -2.52. The third kappa shape index (κ3) is 4.07. The summed E-state index contributed by atoms with van der Waals surface area (Å²) >= 11 is 22.4. The maximum absolute atomic E-state index is 11.8. The number of alkyl halides is 3. The number of nitrogens with zero attached hydrogens (tertiary/aromatic N) is 1. The second-order valence-corrected chi connectivity index (χ2v) is 5.20. The lowest BCUT2D eigenvalue weighted by molar-refractivity contribution is -0.133. The molecule has 0 aromatic rings. The van der Waals surface area contributed by atoms with Gasteiger partial charge in [-0.15, -0.1) is 6.42 Å². The first-order valence-corrected chi connectivity index (χ1v) is 6.02. The maximum Gasteiger partial charge on any atom is 0.258 e. The van der Waals surface area contributed by atoms with Gasteiger partial charge in [-0.2, -0.15) is 0 Å². The van der Waals surface area contributed by atoms with E-state index in [0.717, 1.165) is 0 Å². The first kappa shape index (κ1) is 15.9. The normalized spacial score (nSPS) is 13.9. The summed E-state index contributed by atoms with van der Waals surface area (Å²) in [5.74, 6) is 1.87. The highest BCUT2D eigenvalue weighted by atomic mass is 35.5. The van der Waals surface area contributed by atoms with Crippen LogP contribution in [-0.4, -0.2) is 26.7 Å². The van der Waals surface area contributed by atoms with Crippen molar-refractivity contribution in [3.8, 4) is 12.3 Å². The molecule has 0 saturated carbocycles. The summed E-state index contributed by atoms with van der Waals surface area (Å²) in [6.07, 6.45) is 6.73. The summed E-state index contributed by atoms with van der Waals surface area (Å²) in [5.41, 5.74) is -0.528. The van der Waals surface area contributed by atoms with Crippen LogP contribution >= 0.6 is 46.4 Å². The van der Waals surface area contributed by atoms with E-state index in [9.17, 15) is 4.79 Å². The third-order valence-corrected chi connectivity index (χ3v) is 2.72. The standard InChI is InChI=1S/C10H11Cl4NO/c1-4-10(2,3)15(7(12)5-6-11)9(16)8(13)14/h1,5-8H,2-3H3. The van der Waals surface area contributed by atoms with E-state index in [4.69, 9.17) is 52.8 Å². The fourth-order valence-electron chi connectivity index (χ4n) is 1.03. The average molecular weight is 303 g/mol. The molecule has 1 amide bonds. The molecule has 0 aliphatic heterocycles. The van der Waals surface area contributed by atoms with Crippen molar-refractivity contribution in [2.24, 2.45) is 0 Å². The lowest BCUT2D eigenvalue weighted by atomic mass is 10.0. The first-order chi connectivity index (χ1) is 7.27. The van der Waals surface area contributed by atoms with Gasteiger partial charge < -0.3 is 4.90 Å². The highest BCUT2D eigenvalue weighted by Gasteiger charge is 2.35. The maximum atomic E-state index is 11.8. The monoisotopic (exact) mass is 301 g/mol. The lowest BCUT2D eigenvalue weighted by Gasteiger charge is -2.37. The summed E-state index contributed by atoms with van der Waals surface area (Å²) in [4.78, 5) is 11.7. The van der Waals surface area contributed by atoms with Crippen molar-refractivity contribution in [3.05, 3.63) is 11.6 Å². The van der Waals surface area contributed by atoms with Gasteiger partial charge in [0.1, 0.15) is 5.50 Å². The van der Waals surface area contributed by atoms with Crippen LogP contribution < -0.4 is 0 Å². The zero-order valence-corrected chi connectivity index (χ0v) is 11.8. The second-order valence-electron chi connectivity index (χ2n) is 3.40. The van der Waals surface area contributed by atoms with E-state index in [1.165, 1.54) is 16.5 Å². The van der Waals surface area contributed by atoms with E-state index in [1.54, 1.807) is 13.8 Å². The summed E-state index contributed by atoms with van der Waals surface area (Å²) in [7, 11) is 0. The average Bonchev–Trinajstić information content (AvgIpc) is 2.17. The molecule has 0 aliphatic rings. The molecule has 0 heterocycles. The molecule has 0 bridgehead atoms. The Morgan fingerprint density at radius 2 is 1.94 bits per heavy atom. The molecule has 0 aliphatic carbocycles. The molecule has 6 heteroatoms. The Morgan fingerprint density at radius 3 is 2.25 bits per heavy atom. The fraction of sp³-hybridized carbons (Fsp3) is 0.500. The van der Waals surface area contributed by atoms with Crippen molar-refractivity contribution in [1.29, 1.82) is 0 Å². The highest BCUT2D eigenvalue weighted by Crippen LogP contribution is 2.24. The number of carbonyl (C=O) groups is 1. The minimum Gasteiger partial charge on any atom is -0.304 e. The third-order valence-electron chi connectivity index (χ3n) is 1.86. The highest BCUT2D eigenvalue weighted by molar-refractivity contribution is 6.53. The number of rotatable bonds is 4. The van der Waals surface area contributed by atoms with Gasteiger partial charge in [0.2, 0.25) is 0 Å². The van der Waals surface area contributed by atoms with Crippen molar-refractivity contribution < 1.29 is 4.79 Å². The van der Waals surface area contributed by atoms with Gasteiger partial charge in [0.05, 0.1) is 5.54 Å². The predicted molar refractivity (Wildman–Crippen MR) is 69.9 cm³/mol. The molecule has 0 saturated heterocycles. The topological polar surface area (TPSA) is 20.3 Å². The van der Waals surface area contributed by atoms with Gasteiger partial charge >= 0.3 is 0 Å². The van der Waals surface area contributed by atoms with E-state index in [2.05, 4.69) is 5.92 Å². The minimum absolute atomic E-state index is 0.568. The van der Waals surface area contributed by atoms with E-state index in [1.807, 2.05) is 0 Å². The van der Waals surface area contributed by atoms with Crippen LogP contribution in [0.4, 0.5) is 0 Å². The molecule has 0 N–H and O–H groups in total. The van der Waals surface area contributed by atoms with Gasteiger partial charge in [-0.1, -0.05) is 52.3 Å². The molecule has 1 atom stereocenters. The molecule has 90 valence electrons. The van der Waals surface area contributed by atoms with E-state index in [0.29, 0.717) is 0 Å². The predicted octanol–water partition coefficient (Wildman–Crippen LogP) is 3.35. The molecule has 0 aromatic heterocycles. The van der Waals surface area contributed by atoms with E-state index in [-0.39, 0.29) is 0 Å². The van der Waals surface area contributed by atoms with Crippen LogP contribution in [0.15, 0.2) is 11.6 Å². The fourth-order valence-corrected chi connectivity index (χ4v) is 1.86. The Balaban J connectivity index is 5.23. The number of carbonyl (C=O) groups excluding carboxylic acids is 1. The van der Waals surface area contributed by atoms with Crippen LogP contribution in [0.5, 0.6) is 0 Å². The van der Waals surface area contributed by atoms with Crippen LogP contribution in [0, 0.1) is 12.3 Å². The summed E-state index contributed by atoms with van der Waals surface area (Å²) in [6.45, 7) is 3.30. The number of amides is 1. The SMILES string of the molecule is C#CC(C)(C)N(C(=O)C(Cl)Cl)C(Cl)C=CCl. The molecule has 2 nitrogen and oxygen atoms in total. The largest absolute Gasteiger partial charge is 0.304 e. The van der Waals surface area contributed by atoms with Crippen LogP contribution in [0.25, 0.3) is 0 Å². The molecule has 0 aromatic carbocycles. The zero-order chi connectivity index (χ0) is 12.9. The summed E-state index contributed by atoms with van der Waals surface area (Å²) in [6, 6.07) is 0. The number of halogens is 4. The van der Waals surface area contributed by atoms with Gasteiger partial charge in [0, 0.05) is 5.54 Å². The Hall–Kier alpha value is -0.0700. The van der Waals surface area contributed by atoms with Gasteiger partial charge in [-0.3, -0.25) is 4.79 Å². The van der Waals surface area contributed by atoms with Gasteiger partial charge in [-0.05, 0) is 19.9 Å².